The van der Waals surface area contributed by atoms with Crippen LogP contribution in [0.15, 0.2) is 55.3 Å². The summed E-state index contributed by atoms with van der Waals surface area (Å²) in [7, 11) is 0. The summed E-state index contributed by atoms with van der Waals surface area (Å²) in [6, 6.07) is 9.79. The molecule has 0 aliphatic carbocycles. The number of benzene rings is 1. The lowest BCUT2D eigenvalue weighted by molar-refractivity contribution is 0.166. The van der Waals surface area contributed by atoms with Crippen LogP contribution >= 0.6 is 0 Å². The summed E-state index contributed by atoms with van der Waals surface area (Å²) in [6.07, 6.45) is 4.74. The highest BCUT2D eigenvalue weighted by Crippen LogP contribution is 2.27. The quantitative estimate of drug-likeness (QED) is 0.725. The summed E-state index contributed by atoms with van der Waals surface area (Å²) in [6.45, 7) is 3.97. The number of hydrogen-bond acceptors (Lipinski definition) is 2. The SMILES string of the molecule is C=C/C=C\N1C(=O)OCC1c1ccccc1. The number of hydrogen-bond donors (Lipinski definition) is 0. The first-order chi connectivity index (χ1) is 7.83. The summed E-state index contributed by atoms with van der Waals surface area (Å²) < 4.78 is 5.03. The molecule has 0 radical (unpaired) electrons. The van der Waals surface area contributed by atoms with E-state index in [0.29, 0.717) is 6.61 Å². The average Bonchev–Trinajstić information content (AvgIpc) is 2.69. The van der Waals surface area contributed by atoms with Gasteiger partial charge in [0.1, 0.15) is 6.61 Å². The molecular weight excluding hydrogens is 202 g/mol. The minimum atomic E-state index is -0.313. The molecule has 0 bridgehead atoms. The summed E-state index contributed by atoms with van der Waals surface area (Å²) in [4.78, 5) is 13.1. The number of amides is 1. The molecule has 1 aromatic carbocycles. The molecular formula is C13H13NO2. The van der Waals surface area contributed by atoms with Crippen LogP contribution in [0.3, 0.4) is 0 Å². The van der Waals surface area contributed by atoms with Gasteiger partial charge in [0.05, 0.1) is 6.04 Å². The highest BCUT2D eigenvalue weighted by molar-refractivity contribution is 5.71. The van der Waals surface area contributed by atoms with Gasteiger partial charge in [0.15, 0.2) is 0 Å². The maximum atomic E-state index is 11.5. The number of ether oxygens (including phenoxy) is 1. The van der Waals surface area contributed by atoms with Crippen LogP contribution in [0.2, 0.25) is 0 Å². The van der Waals surface area contributed by atoms with E-state index in [1.807, 2.05) is 30.3 Å². The third-order valence-electron chi connectivity index (χ3n) is 2.48. The van der Waals surface area contributed by atoms with E-state index in [4.69, 9.17) is 4.74 Å². The maximum Gasteiger partial charge on any atom is 0.414 e. The van der Waals surface area contributed by atoms with Gasteiger partial charge in [-0.25, -0.2) is 4.79 Å². The molecule has 1 aliphatic heterocycles. The fraction of sp³-hybridized carbons (Fsp3) is 0.154. The van der Waals surface area contributed by atoms with E-state index in [9.17, 15) is 4.79 Å². The van der Waals surface area contributed by atoms with Crippen LogP contribution < -0.4 is 0 Å². The Labute approximate surface area is 94.6 Å². The third-order valence-corrected chi connectivity index (χ3v) is 2.48. The van der Waals surface area contributed by atoms with Gasteiger partial charge in [-0.15, -0.1) is 0 Å². The molecule has 16 heavy (non-hydrogen) atoms. The van der Waals surface area contributed by atoms with Crippen molar-refractivity contribution < 1.29 is 9.53 Å². The molecule has 1 amide bonds. The standard InChI is InChI=1S/C13H13NO2/c1-2-3-9-14-12(10-16-13(14)15)11-7-5-4-6-8-11/h2-9,12H,1,10H2/b9-3-. The van der Waals surface area contributed by atoms with E-state index in [-0.39, 0.29) is 12.1 Å². The zero-order valence-electron chi connectivity index (χ0n) is 8.87. The smallest absolute Gasteiger partial charge is 0.414 e. The topological polar surface area (TPSA) is 29.5 Å². The maximum absolute atomic E-state index is 11.5. The van der Waals surface area contributed by atoms with Gasteiger partial charge < -0.3 is 4.74 Å². The molecule has 2 rings (SSSR count). The van der Waals surface area contributed by atoms with Crippen molar-refractivity contribution in [2.24, 2.45) is 0 Å². The van der Waals surface area contributed by atoms with Crippen molar-refractivity contribution in [1.29, 1.82) is 0 Å². The summed E-state index contributed by atoms with van der Waals surface area (Å²) in [5, 5.41) is 0. The van der Waals surface area contributed by atoms with Crippen LogP contribution in [0.4, 0.5) is 4.79 Å². The van der Waals surface area contributed by atoms with Gasteiger partial charge in [-0.2, -0.15) is 0 Å². The average molecular weight is 215 g/mol. The molecule has 0 N–H and O–H groups in total. The van der Waals surface area contributed by atoms with Gasteiger partial charge in [-0.05, 0) is 11.6 Å². The lowest BCUT2D eigenvalue weighted by atomic mass is 10.1. The van der Waals surface area contributed by atoms with Crippen LogP contribution in [0.5, 0.6) is 0 Å². The van der Waals surface area contributed by atoms with Crippen molar-refractivity contribution in [3.8, 4) is 0 Å². The van der Waals surface area contributed by atoms with Crippen molar-refractivity contribution in [3.05, 3.63) is 60.8 Å². The van der Waals surface area contributed by atoms with E-state index in [0.717, 1.165) is 5.56 Å². The van der Waals surface area contributed by atoms with Gasteiger partial charge in [0.25, 0.3) is 0 Å². The number of rotatable bonds is 3. The van der Waals surface area contributed by atoms with Gasteiger partial charge >= 0.3 is 6.09 Å². The molecule has 3 nitrogen and oxygen atoms in total. The first-order valence-electron chi connectivity index (χ1n) is 5.12. The largest absolute Gasteiger partial charge is 0.447 e. The summed E-state index contributed by atoms with van der Waals surface area (Å²) in [5.74, 6) is 0. The van der Waals surface area contributed by atoms with Crippen LogP contribution in [0.1, 0.15) is 11.6 Å². The van der Waals surface area contributed by atoms with E-state index in [1.54, 1.807) is 23.3 Å². The molecule has 1 heterocycles. The summed E-state index contributed by atoms with van der Waals surface area (Å²) in [5.41, 5.74) is 1.07. The van der Waals surface area contributed by atoms with Gasteiger partial charge in [-0.1, -0.05) is 43.0 Å². The van der Waals surface area contributed by atoms with Crippen LogP contribution in [-0.4, -0.2) is 17.6 Å². The Hall–Kier alpha value is -2.03. The first-order valence-corrected chi connectivity index (χ1v) is 5.12. The van der Waals surface area contributed by atoms with Crippen molar-refractivity contribution in [2.75, 3.05) is 6.61 Å². The molecule has 0 aromatic heterocycles. The van der Waals surface area contributed by atoms with Crippen LogP contribution in [-0.2, 0) is 4.74 Å². The number of cyclic esters (lactones) is 1. The zero-order valence-corrected chi connectivity index (χ0v) is 8.87. The first kappa shape index (κ1) is 10.5. The number of nitrogens with zero attached hydrogens (tertiary/aromatic N) is 1. The van der Waals surface area contributed by atoms with Crippen molar-refractivity contribution in [3.63, 3.8) is 0 Å². The fourth-order valence-electron chi connectivity index (χ4n) is 1.68. The number of carbonyl (C=O) groups is 1. The molecule has 1 unspecified atom stereocenters. The Morgan fingerprint density at radius 1 is 1.38 bits per heavy atom. The molecule has 1 aromatic rings. The highest BCUT2D eigenvalue weighted by atomic mass is 16.6. The second-order valence-electron chi connectivity index (χ2n) is 3.49. The Morgan fingerprint density at radius 2 is 2.12 bits per heavy atom. The molecule has 0 spiro atoms. The molecule has 3 heteroatoms. The predicted molar refractivity (Wildman–Crippen MR) is 61.7 cm³/mol. The molecule has 1 aliphatic rings. The van der Waals surface area contributed by atoms with Crippen LogP contribution in [0.25, 0.3) is 0 Å². The van der Waals surface area contributed by atoms with Gasteiger partial charge in [0.2, 0.25) is 0 Å². The van der Waals surface area contributed by atoms with Crippen molar-refractivity contribution >= 4 is 6.09 Å². The van der Waals surface area contributed by atoms with E-state index in [2.05, 4.69) is 6.58 Å². The zero-order chi connectivity index (χ0) is 11.4. The van der Waals surface area contributed by atoms with Gasteiger partial charge in [-0.3, -0.25) is 4.90 Å². The normalized spacial score (nSPS) is 20.1. The molecule has 1 fully saturated rings. The van der Waals surface area contributed by atoms with Crippen molar-refractivity contribution in [2.45, 2.75) is 6.04 Å². The molecule has 82 valence electrons. The number of allylic oxidation sites excluding steroid dienone is 2. The lowest BCUT2D eigenvalue weighted by Crippen LogP contribution is -2.21. The Balaban J connectivity index is 2.24. The Morgan fingerprint density at radius 3 is 2.81 bits per heavy atom. The Bertz CT molecular complexity index is 411. The third kappa shape index (κ3) is 1.98. The monoisotopic (exact) mass is 215 g/mol. The minimum absolute atomic E-state index is 0.0371. The van der Waals surface area contributed by atoms with Crippen molar-refractivity contribution in [1.82, 2.24) is 4.90 Å². The second-order valence-corrected chi connectivity index (χ2v) is 3.49. The highest BCUT2D eigenvalue weighted by Gasteiger charge is 2.32. The molecule has 1 atom stereocenters. The molecule has 1 saturated heterocycles. The second kappa shape index (κ2) is 4.66. The molecule has 0 saturated carbocycles. The predicted octanol–water partition coefficient (Wildman–Crippen LogP) is 2.88. The lowest BCUT2D eigenvalue weighted by Gasteiger charge is -2.17. The van der Waals surface area contributed by atoms with Crippen LogP contribution in [0, 0.1) is 0 Å². The van der Waals surface area contributed by atoms with E-state index >= 15 is 0 Å². The number of carbonyl (C=O) groups excluding carboxylic acids is 1. The van der Waals surface area contributed by atoms with E-state index in [1.165, 1.54) is 0 Å². The van der Waals surface area contributed by atoms with Gasteiger partial charge in [0, 0.05) is 6.20 Å². The summed E-state index contributed by atoms with van der Waals surface area (Å²) >= 11 is 0. The van der Waals surface area contributed by atoms with E-state index < -0.39 is 0 Å². The minimum Gasteiger partial charge on any atom is -0.447 e. The Kier molecular flexibility index (Phi) is 3.05. The fourth-order valence-corrected chi connectivity index (χ4v) is 1.68.